The fourth-order valence-corrected chi connectivity index (χ4v) is 3.92. The van der Waals surface area contributed by atoms with Crippen LogP contribution in [0.15, 0.2) is 40.9 Å². The number of nitrogens with one attached hydrogen (secondary N) is 1. The number of carbonyl (C=O) groups excluding carboxylic acids is 1. The molecule has 0 aliphatic heterocycles. The molecule has 1 N–H and O–H groups in total. The minimum atomic E-state index is -0.0434. The van der Waals surface area contributed by atoms with Crippen molar-refractivity contribution in [1.82, 2.24) is 20.1 Å². The van der Waals surface area contributed by atoms with Crippen LogP contribution in [-0.4, -0.2) is 40.6 Å². The molecule has 0 unspecified atom stereocenters. The van der Waals surface area contributed by atoms with Gasteiger partial charge in [0.1, 0.15) is 11.6 Å². The van der Waals surface area contributed by atoms with Crippen molar-refractivity contribution >= 4 is 29.0 Å². The highest BCUT2D eigenvalue weighted by Crippen LogP contribution is 2.22. The number of aromatic nitrogens is 3. The van der Waals surface area contributed by atoms with Gasteiger partial charge in [0.15, 0.2) is 5.16 Å². The minimum absolute atomic E-state index is 0.0434. The van der Waals surface area contributed by atoms with Crippen LogP contribution in [0.5, 0.6) is 5.75 Å². The lowest BCUT2D eigenvalue weighted by atomic mass is 10.2. The van der Waals surface area contributed by atoms with Crippen LogP contribution >= 0.6 is 23.1 Å². The summed E-state index contributed by atoms with van der Waals surface area (Å²) in [4.78, 5) is 13.0. The average Bonchev–Trinajstić information content (AvgIpc) is 3.27. The SMILES string of the molecule is COc1ccc(-n2c(CCNC(=O)c3sccc3C)nnc2SC)cc1. The molecule has 0 saturated heterocycles. The lowest BCUT2D eigenvalue weighted by molar-refractivity contribution is 0.0957. The maximum atomic E-state index is 12.2. The maximum Gasteiger partial charge on any atom is 0.261 e. The first-order valence-electron chi connectivity index (χ1n) is 8.09. The zero-order valence-corrected chi connectivity index (χ0v) is 16.5. The number of nitrogens with zero attached hydrogens (tertiary/aromatic N) is 3. The summed E-state index contributed by atoms with van der Waals surface area (Å²) in [5, 5.41) is 14.2. The van der Waals surface area contributed by atoms with Gasteiger partial charge in [0.05, 0.1) is 12.0 Å². The Morgan fingerprint density at radius 2 is 2.04 bits per heavy atom. The summed E-state index contributed by atoms with van der Waals surface area (Å²) in [6, 6.07) is 9.71. The molecule has 0 spiro atoms. The van der Waals surface area contributed by atoms with Gasteiger partial charge in [-0.15, -0.1) is 21.5 Å². The molecule has 6 nitrogen and oxygen atoms in total. The van der Waals surface area contributed by atoms with Crippen molar-refractivity contribution in [3.05, 3.63) is 52.0 Å². The van der Waals surface area contributed by atoms with E-state index in [4.69, 9.17) is 4.74 Å². The number of methoxy groups -OCH3 is 1. The summed E-state index contributed by atoms with van der Waals surface area (Å²) in [6.07, 6.45) is 2.56. The molecule has 8 heteroatoms. The number of hydrogen-bond donors (Lipinski definition) is 1. The van der Waals surface area contributed by atoms with Crippen LogP contribution in [0, 0.1) is 6.92 Å². The predicted octanol–water partition coefficient (Wildman–Crippen LogP) is 3.34. The first kappa shape index (κ1) is 18.5. The van der Waals surface area contributed by atoms with Crippen LogP contribution in [0.2, 0.25) is 0 Å². The molecule has 1 aromatic carbocycles. The van der Waals surface area contributed by atoms with Gasteiger partial charge in [-0.1, -0.05) is 11.8 Å². The summed E-state index contributed by atoms with van der Waals surface area (Å²) >= 11 is 2.99. The van der Waals surface area contributed by atoms with Gasteiger partial charge >= 0.3 is 0 Å². The van der Waals surface area contributed by atoms with E-state index in [0.29, 0.717) is 13.0 Å². The van der Waals surface area contributed by atoms with E-state index in [1.54, 1.807) is 7.11 Å². The molecule has 26 heavy (non-hydrogen) atoms. The van der Waals surface area contributed by atoms with Gasteiger partial charge in [-0.05, 0) is 54.5 Å². The van der Waals surface area contributed by atoms with E-state index in [2.05, 4.69) is 15.5 Å². The normalized spacial score (nSPS) is 10.7. The number of rotatable bonds is 7. The molecule has 3 aromatic rings. The molecule has 3 rings (SSSR count). The van der Waals surface area contributed by atoms with Crippen LogP contribution in [0.25, 0.3) is 5.69 Å². The molecule has 0 atom stereocenters. The Labute approximate surface area is 160 Å². The minimum Gasteiger partial charge on any atom is -0.497 e. The Kier molecular flexibility index (Phi) is 5.95. The second kappa shape index (κ2) is 8.37. The van der Waals surface area contributed by atoms with Gasteiger partial charge in [0.2, 0.25) is 0 Å². The second-order valence-corrected chi connectivity index (χ2v) is 7.26. The molecule has 1 amide bonds. The van der Waals surface area contributed by atoms with Crippen molar-refractivity contribution in [3.8, 4) is 11.4 Å². The predicted molar refractivity (Wildman–Crippen MR) is 105 cm³/mol. The topological polar surface area (TPSA) is 69.0 Å². The average molecular weight is 389 g/mol. The number of thioether (sulfide) groups is 1. The van der Waals surface area contributed by atoms with Gasteiger partial charge in [0.25, 0.3) is 5.91 Å². The first-order chi connectivity index (χ1) is 12.6. The monoisotopic (exact) mass is 388 g/mol. The van der Waals surface area contributed by atoms with Gasteiger partial charge in [0, 0.05) is 18.7 Å². The van der Waals surface area contributed by atoms with Crippen molar-refractivity contribution in [2.24, 2.45) is 0 Å². The molecule has 0 aliphatic rings. The molecule has 0 radical (unpaired) electrons. The summed E-state index contributed by atoms with van der Waals surface area (Å²) in [7, 11) is 1.64. The maximum absolute atomic E-state index is 12.2. The third kappa shape index (κ3) is 3.91. The van der Waals surface area contributed by atoms with E-state index in [-0.39, 0.29) is 5.91 Å². The van der Waals surface area contributed by atoms with Crippen molar-refractivity contribution in [1.29, 1.82) is 0 Å². The summed E-state index contributed by atoms with van der Waals surface area (Å²) in [6.45, 7) is 2.44. The highest BCUT2D eigenvalue weighted by molar-refractivity contribution is 7.98. The molecule has 0 saturated carbocycles. The smallest absolute Gasteiger partial charge is 0.261 e. The molecular formula is C18H20N4O2S2. The molecule has 0 bridgehead atoms. The number of carbonyl (C=O) groups is 1. The number of hydrogen-bond acceptors (Lipinski definition) is 6. The van der Waals surface area contributed by atoms with Gasteiger partial charge in [-0.25, -0.2) is 0 Å². The van der Waals surface area contributed by atoms with Gasteiger partial charge in [-0.2, -0.15) is 0 Å². The Balaban J connectivity index is 1.73. The number of thiophene rings is 1. The molecular weight excluding hydrogens is 368 g/mol. The van der Waals surface area contributed by atoms with E-state index < -0.39 is 0 Å². The third-order valence-electron chi connectivity index (χ3n) is 3.92. The second-order valence-electron chi connectivity index (χ2n) is 5.57. The molecule has 0 aliphatic carbocycles. The van der Waals surface area contributed by atoms with Crippen molar-refractivity contribution in [2.75, 3.05) is 19.9 Å². The van der Waals surface area contributed by atoms with E-state index in [1.807, 2.05) is 53.5 Å². The van der Waals surface area contributed by atoms with E-state index in [0.717, 1.165) is 32.9 Å². The quantitative estimate of drug-likeness (QED) is 0.629. The Morgan fingerprint density at radius 3 is 2.65 bits per heavy atom. The highest BCUT2D eigenvalue weighted by atomic mass is 32.2. The van der Waals surface area contributed by atoms with Gasteiger partial charge < -0.3 is 10.1 Å². The van der Waals surface area contributed by atoms with Gasteiger partial charge in [-0.3, -0.25) is 9.36 Å². The van der Waals surface area contributed by atoms with Crippen molar-refractivity contribution in [3.63, 3.8) is 0 Å². The zero-order chi connectivity index (χ0) is 18.5. The lowest BCUT2D eigenvalue weighted by Crippen LogP contribution is -2.26. The van der Waals surface area contributed by atoms with E-state index >= 15 is 0 Å². The van der Waals surface area contributed by atoms with Crippen LogP contribution < -0.4 is 10.1 Å². The summed E-state index contributed by atoms with van der Waals surface area (Å²) < 4.78 is 7.22. The highest BCUT2D eigenvalue weighted by Gasteiger charge is 2.15. The molecule has 2 aromatic heterocycles. The Hall–Kier alpha value is -2.32. The number of aryl methyl sites for hydroxylation is 1. The number of amides is 1. The molecule has 136 valence electrons. The number of benzene rings is 1. The molecule has 0 fully saturated rings. The fraction of sp³-hybridized carbons (Fsp3) is 0.278. The Bertz CT molecular complexity index is 887. The van der Waals surface area contributed by atoms with Crippen LogP contribution in [0.3, 0.4) is 0 Å². The zero-order valence-electron chi connectivity index (χ0n) is 14.9. The van der Waals surface area contributed by atoms with Crippen LogP contribution in [0.4, 0.5) is 0 Å². The lowest BCUT2D eigenvalue weighted by Gasteiger charge is -2.10. The fourth-order valence-electron chi connectivity index (χ4n) is 2.56. The largest absolute Gasteiger partial charge is 0.497 e. The van der Waals surface area contributed by atoms with Crippen LogP contribution in [-0.2, 0) is 6.42 Å². The standard InChI is InChI=1S/C18H20N4O2S2/c1-12-9-11-26-16(12)17(23)19-10-8-15-20-21-18(25-3)22(15)13-4-6-14(24-2)7-5-13/h4-7,9,11H,8,10H2,1-3H3,(H,19,23). The van der Waals surface area contributed by atoms with E-state index in [1.165, 1.54) is 23.1 Å². The molecule has 2 heterocycles. The summed E-state index contributed by atoms with van der Waals surface area (Å²) in [5.74, 6) is 1.56. The van der Waals surface area contributed by atoms with Crippen molar-refractivity contribution in [2.45, 2.75) is 18.5 Å². The third-order valence-corrected chi connectivity index (χ3v) is 5.56. The Morgan fingerprint density at radius 1 is 1.27 bits per heavy atom. The van der Waals surface area contributed by atoms with Crippen LogP contribution in [0.1, 0.15) is 21.1 Å². The van der Waals surface area contributed by atoms with Crippen molar-refractivity contribution < 1.29 is 9.53 Å². The summed E-state index contributed by atoms with van der Waals surface area (Å²) in [5.41, 5.74) is 1.97. The first-order valence-corrected chi connectivity index (χ1v) is 10.2. The van der Waals surface area contributed by atoms with E-state index in [9.17, 15) is 4.79 Å². The number of ether oxygens (including phenoxy) is 1.